The number of alkyl halides is 3. The molecule has 78 valence electrons. The van der Waals surface area contributed by atoms with Crippen LogP contribution >= 0.6 is 0 Å². The highest BCUT2D eigenvalue weighted by atomic mass is 19.3. The van der Waals surface area contributed by atoms with Gasteiger partial charge in [0, 0.05) is 6.92 Å². The number of hydrogen-bond acceptors (Lipinski definition) is 1. The third kappa shape index (κ3) is 3.38. The summed E-state index contributed by atoms with van der Waals surface area (Å²) in [4.78, 5) is 0. The van der Waals surface area contributed by atoms with E-state index in [0.717, 1.165) is 0 Å². The fourth-order valence-electron chi connectivity index (χ4n) is 0.890. The lowest BCUT2D eigenvalue weighted by molar-refractivity contribution is -0.191. The molecule has 1 atom stereocenters. The molecule has 0 amide bonds. The molecule has 0 saturated carbocycles. The molecule has 1 unspecified atom stereocenters. The summed E-state index contributed by atoms with van der Waals surface area (Å²) in [5.74, 6) is -3.45. The van der Waals surface area contributed by atoms with Crippen molar-refractivity contribution in [3.05, 3.63) is 35.9 Å². The van der Waals surface area contributed by atoms with Crippen LogP contribution in [0.2, 0.25) is 0 Å². The molecule has 1 rings (SSSR count). The van der Waals surface area contributed by atoms with E-state index < -0.39 is 12.3 Å². The predicted molar refractivity (Wildman–Crippen MR) is 46.7 cm³/mol. The van der Waals surface area contributed by atoms with Crippen LogP contribution in [-0.2, 0) is 11.3 Å². The van der Waals surface area contributed by atoms with Crippen LogP contribution in [0.5, 0.6) is 0 Å². The first kappa shape index (κ1) is 11.0. The van der Waals surface area contributed by atoms with Crippen molar-refractivity contribution < 1.29 is 17.9 Å². The van der Waals surface area contributed by atoms with Crippen molar-refractivity contribution >= 4 is 0 Å². The Bertz CT molecular complexity index is 268. The van der Waals surface area contributed by atoms with Gasteiger partial charge in [0.2, 0.25) is 0 Å². The van der Waals surface area contributed by atoms with Crippen molar-refractivity contribution in [2.75, 3.05) is 0 Å². The van der Waals surface area contributed by atoms with Gasteiger partial charge in [0.05, 0.1) is 6.61 Å². The van der Waals surface area contributed by atoms with E-state index >= 15 is 0 Å². The van der Waals surface area contributed by atoms with Gasteiger partial charge in [-0.3, -0.25) is 0 Å². The normalized spacial score (nSPS) is 14.0. The summed E-state index contributed by atoms with van der Waals surface area (Å²) < 4.78 is 41.6. The number of hydrogen-bond donors (Lipinski definition) is 0. The lowest BCUT2D eigenvalue weighted by Crippen LogP contribution is -2.28. The van der Waals surface area contributed by atoms with Crippen LogP contribution in [0.4, 0.5) is 13.2 Å². The van der Waals surface area contributed by atoms with Crippen LogP contribution in [0.25, 0.3) is 0 Å². The van der Waals surface area contributed by atoms with Crippen LogP contribution in [0.1, 0.15) is 12.5 Å². The van der Waals surface area contributed by atoms with Crippen LogP contribution in [0.15, 0.2) is 30.3 Å². The molecule has 0 N–H and O–H groups in total. The van der Waals surface area contributed by atoms with Gasteiger partial charge in [0.1, 0.15) is 0 Å². The summed E-state index contributed by atoms with van der Waals surface area (Å²) in [6.07, 6.45) is -2.55. The fraction of sp³-hybridized carbons (Fsp3) is 0.400. The maximum Gasteiger partial charge on any atom is 0.300 e. The molecule has 1 nitrogen and oxygen atoms in total. The predicted octanol–water partition coefficient (Wildman–Crippen LogP) is 3.15. The molecule has 0 bridgehead atoms. The number of ether oxygens (including phenoxy) is 1. The molecule has 0 aliphatic carbocycles. The van der Waals surface area contributed by atoms with Gasteiger partial charge in [-0.1, -0.05) is 30.3 Å². The lowest BCUT2D eigenvalue weighted by Gasteiger charge is -2.16. The first-order valence-corrected chi connectivity index (χ1v) is 4.17. The molecule has 1 aromatic carbocycles. The Morgan fingerprint density at radius 1 is 1.29 bits per heavy atom. The SMILES string of the molecule is CC(F)(F)C(F)OCc1ccccc1. The number of rotatable bonds is 4. The number of halogens is 3. The zero-order valence-electron chi connectivity index (χ0n) is 7.71. The van der Waals surface area contributed by atoms with Crippen molar-refractivity contribution in [3.8, 4) is 0 Å². The Morgan fingerprint density at radius 2 is 1.86 bits per heavy atom. The van der Waals surface area contributed by atoms with E-state index in [2.05, 4.69) is 4.74 Å². The molecule has 0 saturated heterocycles. The molecule has 0 spiro atoms. The number of benzene rings is 1. The minimum atomic E-state index is -3.45. The van der Waals surface area contributed by atoms with Crippen molar-refractivity contribution in [3.63, 3.8) is 0 Å². The summed E-state index contributed by atoms with van der Waals surface area (Å²) in [6, 6.07) is 8.61. The van der Waals surface area contributed by atoms with Crippen molar-refractivity contribution in [2.45, 2.75) is 25.8 Å². The molecule has 0 heterocycles. The summed E-state index contributed by atoms with van der Waals surface area (Å²) in [5, 5.41) is 0. The third-order valence-corrected chi connectivity index (χ3v) is 1.64. The molecule has 14 heavy (non-hydrogen) atoms. The largest absolute Gasteiger partial charge is 0.339 e. The second-order valence-corrected chi connectivity index (χ2v) is 3.07. The van der Waals surface area contributed by atoms with Crippen LogP contribution in [0.3, 0.4) is 0 Å². The highest BCUT2D eigenvalue weighted by Crippen LogP contribution is 2.22. The average Bonchev–Trinajstić information content (AvgIpc) is 2.14. The lowest BCUT2D eigenvalue weighted by atomic mass is 10.2. The molecular formula is C10H11F3O. The quantitative estimate of drug-likeness (QED) is 0.732. The fourth-order valence-corrected chi connectivity index (χ4v) is 0.890. The Hall–Kier alpha value is -1.03. The van der Waals surface area contributed by atoms with E-state index in [1.165, 1.54) is 0 Å². The van der Waals surface area contributed by atoms with Crippen LogP contribution in [-0.4, -0.2) is 12.3 Å². The highest BCUT2D eigenvalue weighted by Gasteiger charge is 2.35. The van der Waals surface area contributed by atoms with Gasteiger partial charge >= 0.3 is 0 Å². The smallest absolute Gasteiger partial charge is 0.300 e. The van der Waals surface area contributed by atoms with Gasteiger partial charge in [0.25, 0.3) is 12.3 Å². The van der Waals surface area contributed by atoms with Crippen LogP contribution < -0.4 is 0 Å². The third-order valence-electron chi connectivity index (χ3n) is 1.64. The maximum absolute atomic E-state index is 12.6. The molecule has 0 radical (unpaired) electrons. The van der Waals surface area contributed by atoms with E-state index in [9.17, 15) is 13.2 Å². The summed E-state index contributed by atoms with van der Waals surface area (Å²) in [7, 11) is 0. The summed E-state index contributed by atoms with van der Waals surface area (Å²) in [5.41, 5.74) is 0.666. The minimum absolute atomic E-state index is 0.147. The van der Waals surface area contributed by atoms with Gasteiger partial charge < -0.3 is 4.74 Å². The topological polar surface area (TPSA) is 9.23 Å². The highest BCUT2D eigenvalue weighted by molar-refractivity contribution is 5.13. The van der Waals surface area contributed by atoms with Gasteiger partial charge in [-0.25, -0.2) is 13.2 Å². The second kappa shape index (κ2) is 4.46. The average molecular weight is 204 g/mol. The summed E-state index contributed by atoms with van der Waals surface area (Å²) >= 11 is 0. The van der Waals surface area contributed by atoms with E-state index in [0.29, 0.717) is 12.5 Å². The van der Waals surface area contributed by atoms with E-state index in [1.54, 1.807) is 30.3 Å². The monoisotopic (exact) mass is 204 g/mol. The molecular weight excluding hydrogens is 193 g/mol. The van der Waals surface area contributed by atoms with Gasteiger partial charge in [0.15, 0.2) is 0 Å². The van der Waals surface area contributed by atoms with Gasteiger partial charge in [-0.05, 0) is 5.56 Å². The summed E-state index contributed by atoms with van der Waals surface area (Å²) in [6.45, 7) is 0.341. The first-order valence-electron chi connectivity index (χ1n) is 4.17. The zero-order valence-corrected chi connectivity index (χ0v) is 7.71. The van der Waals surface area contributed by atoms with Crippen molar-refractivity contribution in [2.24, 2.45) is 0 Å². The maximum atomic E-state index is 12.6. The van der Waals surface area contributed by atoms with E-state index in [-0.39, 0.29) is 6.61 Å². The van der Waals surface area contributed by atoms with Crippen molar-refractivity contribution in [1.82, 2.24) is 0 Å². The Balaban J connectivity index is 2.42. The standard InChI is InChI=1S/C10H11F3O/c1-10(12,13)9(11)14-7-8-5-3-2-4-6-8/h2-6,9H,7H2,1H3. The van der Waals surface area contributed by atoms with Gasteiger partial charge in [-0.15, -0.1) is 0 Å². The van der Waals surface area contributed by atoms with Crippen molar-refractivity contribution in [1.29, 1.82) is 0 Å². The molecule has 0 aromatic heterocycles. The Labute approximate surface area is 80.5 Å². The minimum Gasteiger partial charge on any atom is -0.339 e. The molecule has 4 heteroatoms. The molecule has 0 aliphatic rings. The van der Waals surface area contributed by atoms with E-state index in [4.69, 9.17) is 0 Å². The van der Waals surface area contributed by atoms with E-state index in [1.807, 2.05) is 0 Å². The first-order chi connectivity index (χ1) is 6.50. The Kier molecular flexibility index (Phi) is 3.52. The second-order valence-electron chi connectivity index (χ2n) is 3.07. The van der Waals surface area contributed by atoms with Gasteiger partial charge in [-0.2, -0.15) is 0 Å². The molecule has 1 aromatic rings. The van der Waals surface area contributed by atoms with Crippen LogP contribution in [0, 0.1) is 0 Å². The molecule has 0 fully saturated rings. The molecule has 0 aliphatic heterocycles. The zero-order chi connectivity index (χ0) is 10.6. The Morgan fingerprint density at radius 3 is 2.36 bits per heavy atom.